The fraction of sp³-hybridized carbons (Fsp3) is 0.419. The van der Waals surface area contributed by atoms with Gasteiger partial charge in [-0.15, -0.1) is 0 Å². The van der Waals surface area contributed by atoms with Gasteiger partial charge >= 0.3 is 0 Å². The molecule has 0 N–H and O–H groups in total. The summed E-state index contributed by atoms with van der Waals surface area (Å²) in [5.74, 6) is 3.16. The van der Waals surface area contributed by atoms with Gasteiger partial charge < -0.3 is 4.90 Å². The quantitative estimate of drug-likeness (QED) is 0.167. The molecule has 1 nitrogen and oxygen atoms in total. The van der Waals surface area contributed by atoms with Crippen molar-refractivity contribution < 1.29 is 0 Å². The van der Waals surface area contributed by atoms with Crippen LogP contribution in [0.15, 0.2) is 127 Å². The SMILES string of the molecule is CC1(C)CCC(C)(C)c2cc(-c3cc(N(c4ccc(-c5ccccc5)cc4)c4ccc5c(c4)C(C)(C)CCC5(C)C)cc4c3-c3ccccc3C43C4CC5CC(C4)CC3C5)ccc21. The third-order valence-corrected chi connectivity index (χ3v) is 18.4. The van der Waals surface area contributed by atoms with Gasteiger partial charge in [0.05, 0.1) is 0 Å². The molecule has 6 aromatic carbocycles. The van der Waals surface area contributed by atoms with Crippen molar-refractivity contribution in [3.8, 4) is 33.4 Å². The molecule has 0 aliphatic heterocycles. The first-order valence-electron chi connectivity index (χ1n) is 24.7. The predicted molar refractivity (Wildman–Crippen MR) is 266 cm³/mol. The smallest absolute Gasteiger partial charge is 0.0471 e. The zero-order chi connectivity index (χ0) is 43.3. The number of rotatable bonds is 5. The van der Waals surface area contributed by atoms with Crippen LogP contribution in [-0.2, 0) is 27.1 Å². The van der Waals surface area contributed by atoms with Gasteiger partial charge in [-0.2, -0.15) is 0 Å². The second-order valence-electron chi connectivity index (χ2n) is 23.9. The first-order valence-corrected chi connectivity index (χ1v) is 24.7. The maximum Gasteiger partial charge on any atom is 0.0471 e. The average Bonchev–Trinajstić information content (AvgIpc) is 3.57. The molecule has 6 aromatic rings. The Labute approximate surface area is 378 Å². The van der Waals surface area contributed by atoms with Crippen LogP contribution in [0.3, 0.4) is 0 Å². The average molecular weight is 826 g/mol. The van der Waals surface area contributed by atoms with Crippen LogP contribution in [0.2, 0.25) is 0 Å². The van der Waals surface area contributed by atoms with Gasteiger partial charge in [-0.3, -0.25) is 0 Å². The topological polar surface area (TPSA) is 3.24 Å². The molecule has 4 fully saturated rings. The lowest BCUT2D eigenvalue weighted by molar-refractivity contribution is -0.0399. The highest BCUT2D eigenvalue weighted by molar-refractivity contribution is 5.97. The highest BCUT2D eigenvalue weighted by Gasteiger charge is 2.62. The molecular formula is C62H67N. The molecule has 4 saturated carbocycles. The minimum atomic E-state index is 0.0459. The van der Waals surface area contributed by atoms with Crippen LogP contribution in [0.4, 0.5) is 17.1 Å². The van der Waals surface area contributed by atoms with Crippen LogP contribution in [-0.4, -0.2) is 0 Å². The van der Waals surface area contributed by atoms with Crippen LogP contribution < -0.4 is 4.90 Å². The van der Waals surface area contributed by atoms with Gasteiger partial charge in [-0.25, -0.2) is 0 Å². The first-order chi connectivity index (χ1) is 30.1. The van der Waals surface area contributed by atoms with Crippen molar-refractivity contribution in [2.45, 2.75) is 140 Å². The lowest BCUT2D eigenvalue weighted by Gasteiger charge is -2.61. The Morgan fingerprint density at radius 3 is 1.49 bits per heavy atom. The van der Waals surface area contributed by atoms with Gasteiger partial charge in [0.25, 0.3) is 0 Å². The first kappa shape index (κ1) is 39.7. The molecule has 1 spiro atoms. The third-order valence-electron chi connectivity index (χ3n) is 18.4. The van der Waals surface area contributed by atoms with E-state index in [0.29, 0.717) is 11.8 Å². The summed E-state index contributed by atoms with van der Waals surface area (Å²) in [6, 6.07) is 50.7. The summed E-state index contributed by atoms with van der Waals surface area (Å²) >= 11 is 0. The number of benzene rings is 6. The van der Waals surface area contributed by atoms with Gasteiger partial charge in [0.15, 0.2) is 0 Å². The number of anilines is 3. The van der Waals surface area contributed by atoms with Gasteiger partial charge in [-0.05, 0) is 206 Å². The molecule has 4 bridgehead atoms. The normalized spacial score (nSPS) is 27.0. The van der Waals surface area contributed by atoms with Crippen LogP contribution in [0.5, 0.6) is 0 Å². The summed E-state index contributed by atoms with van der Waals surface area (Å²) in [4.78, 5) is 2.65. The third kappa shape index (κ3) is 5.86. The summed E-state index contributed by atoms with van der Waals surface area (Å²) in [7, 11) is 0. The molecule has 320 valence electrons. The Morgan fingerprint density at radius 1 is 0.365 bits per heavy atom. The Kier molecular flexibility index (Phi) is 8.55. The minimum absolute atomic E-state index is 0.0459. The van der Waals surface area contributed by atoms with Crippen molar-refractivity contribution >= 4 is 17.1 Å². The van der Waals surface area contributed by atoms with Crippen molar-refractivity contribution in [1.82, 2.24) is 0 Å². The molecule has 0 heterocycles. The van der Waals surface area contributed by atoms with E-state index in [2.05, 4.69) is 188 Å². The number of fused-ring (bicyclic) bond motifs is 5. The van der Waals surface area contributed by atoms with Crippen molar-refractivity contribution in [1.29, 1.82) is 0 Å². The summed E-state index contributed by atoms with van der Waals surface area (Å²) in [5, 5.41) is 0. The lowest BCUT2D eigenvalue weighted by Crippen LogP contribution is -2.55. The maximum atomic E-state index is 2.73. The van der Waals surface area contributed by atoms with E-state index in [-0.39, 0.29) is 27.1 Å². The van der Waals surface area contributed by atoms with Crippen LogP contribution in [0.1, 0.15) is 147 Å². The Morgan fingerprint density at radius 2 is 0.857 bits per heavy atom. The van der Waals surface area contributed by atoms with E-state index in [4.69, 9.17) is 0 Å². The molecule has 0 amide bonds. The fourth-order valence-electron chi connectivity index (χ4n) is 15.0. The van der Waals surface area contributed by atoms with Crippen LogP contribution in [0, 0.1) is 23.7 Å². The van der Waals surface area contributed by atoms with E-state index >= 15 is 0 Å². The molecule has 0 aromatic heterocycles. The van der Waals surface area contributed by atoms with Crippen molar-refractivity contribution in [2.24, 2.45) is 23.7 Å². The molecule has 7 aliphatic carbocycles. The molecule has 0 radical (unpaired) electrons. The van der Waals surface area contributed by atoms with Crippen molar-refractivity contribution in [2.75, 3.05) is 4.90 Å². The Hall–Kier alpha value is -4.88. The number of nitrogens with zero attached hydrogens (tertiary/aromatic N) is 1. The van der Waals surface area contributed by atoms with Gasteiger partial charge in [-0.1, -0.05) is 146 Å². The van der Waals surface area contributed by atoms with Crippen LogP contribution >= 0.6 is 0 Å². The predicted octanol–water partition coefficient (Wildman–Crippen LogP) is 16.9. The molecule has 0 saturated heterocycles. The highest BCUT2D eigenvalue weighted by Crippen LogP contribution is 2.70. The lowest BCUT2D eigenvalue weighted by atomic mass is 9.43. The number of hydrogen-bond donors (Lipinski definition) is 0. The molecule has 0 unspecified atom stereocenters. The van der Waals surface area contributed by atoms with Gasteiger partial charge in [0.1, 0.15) is 0 Å². The maximum absolute atomic E-state index is 2.73. The van der Waals surface area contributed by atoms with E-state index < -0.39 is 0 Å². The second-order valence-corrected chi connectivity index (χ2v) is 23.9. The molecular weight excluding hydrogens is 759 g/mol. The fourth-order valence-corrected chi connectivity index (χ4v) is 15.0. The zero-order valence-corrected chi connectivity index (χ0v) is 39.2. The Balaban J connectivity index is 1.14. The summed E-state index contributed by atoms with van der Waals surface area (Å²) in [6.45, 7) is 19.8. The monoisotopic (exact) mass is 826 g/mol. The largest absolute Gasteiger partial charge is 0.310 e. The summed E-state index contributed by atoms with van der Waals surface area (Å²) in [5.41, 5.74) is 22.0. The molecule has 7 aliphatic rings. The van der Waals surface area contributed by atoms with Crippen molar-refractivity contribution in [3.63, 3.8) is 0 Å². The van der Waals surface area contributed by atoms with E-state index in [9.17, 15) is 0 Å². The summed E-state index contributed by atoms with van der Waals surface area (Å²) < 4.78 is 0. The standard InChI is InChI=1S/C62H67N/c1-58(2)26-28-60(5,6)54-35-43(20-24-52(54)58)50-36-48(38-56-57(50)49-16-12-13-17-51(49)62(56)44-31-39-30-40(33-44)34-45(62)32-39)63(46-21-18-42(19-22-46)41-14-10-9-11-15-41)47-23-25-53-55(37-47)61(7,8)29-27-59(53,3)4/h9-25,35-40,44-45H,26-34H2,1-8H3. The second kappa shape index (κ2) is 13.6. The molecule has 63 heavy (non-hydrogen) atoms. The van der Waals surface area contributed by atoms with E-state index in [0.717, 1.165) is 11.8 Å². The number of hydrogen-bond acceptors (Lipinski definition) is 1. The molecule has 13 rings (SSSR count). The Bertz CT molecular complexity index is 2770. The highest BCUT2D eigenvalue weighted by atomic mass is 15.1. The van der Waals surface area contributed by atoms with Gasteiger partial charge in [0.2, 0.25) is 0 Å². The van der Waals surface area contributed by atoms with E-state index in [1.165, 1.54) is 125 Å². The minimum Gasteiger partial charge on any atom is -0.310 e. The molecule has 0 atom stereocenters. The van der Waals surface area contributed by atoms with Crippen molar-refractivity contribution in [3.05, 3.63) is 161 Å². The van der Waals surface area contributed by atoms with E-state index in [1.54, 1.807) is 16.7 Å². The van der Waals surface area contributed by atoms with Gasteiger partial charge in [0, 0.05) is 22.5 Å². The summed E-state index contributed by atoms with van der Waals surface area (Å²) in [6.07, 6.45) is 11.8. The van der Waals surface area contributed by atoms with Crippen LogP contribution in [0.25, 0.3) is 33.4 Å². The zero-order valence-electron chi connectivity index (χ0n) is 39.2. The molecule has 1 heteroatoms. The van der Waals surface area contributed by atoms with E-state index in [1.807, 2.05) is 0 Å².